The number of carbonyl (C=O) groups excluding carboxylic acids is 2. The van der Waals surface area contributed by atoms with Crippen molar-refractivity contribution < 1.29 is 19.4 Å². The Kier molecular flexibility index (Phi) is 5.48. The van der Waals surface area contributed by atoms with Gasteiger partial charge in [-0.05, 0) is 54.4 Å². The Morgan fingerprint density at radius 2 is 1.81 bits per heavy atom. The zero-order valence-electron chi connectivity index (χ0n) is 16.9. The normalized spacial score (nSPS) is 17.8. The smallest absolute Gasteiger partial charge is 0.300 e. The van der Waals surface area contributed by atoms with Gasteiger partial charge in [0.1, 0.15) is 11.5 Å². The number of amides is 1. The average molecular weight is 435 g/mol. The van der Waals surface area contributed by atoms with Gasteiger partial charge in [-0.25, -0.2) is 0 Å². The molecule has 4 rings (SSSR count). The van der Waals surface area contributed by atoms with Gasteiger partial charge in [0.2, 0.25) is 0 Å². The van der Waals surface area contributed by atoms with Gasteiger partial charge in [-0.2, -0.15) is 0 Å². The van der Waals surface area contributed by atoms with Gasteiger partial charge in [0.25, 0.3) is 11.7 Å². The summed E-state index contributed by atoms with van der Waals surface area (Å²) >= 11 is 6.21. The number of ketones is 1. The largest absolute Gasteiger partial charge is 0.507 e. The molecule has 1 saturated heterocycles. The number of carbonyl (C=O) groups is 2. The van der Waals surface area contributed by atoms with Crippen molar-refractivity contribution in [3.8, 4) is 5.75 Å². The quantitative estimate of drug-likeness (QED) is 0.366. The summed E-state index contributed by atoms with van der Waals surface area (Å²) in [5, 5.41) is 11.4. The molecule has 2 heterocycles. The van der Waals surface area contributed by atoms with Crippen molar-refractivity contribution in [2.75, 3.05) is 12.0 Å². The zero-order chi connectivity index (χ0) is 22.1. The van der Waals surface area contributed by atoms with Crippen LogP contribution < -0.4 is 9.64 Å². The van der Waals surface area contributed by atoms with E-state index in [4.69, 9.17) is 16.3 Å². The number of anilines is 1. The molecule has 1 aliphatic rings. The Labute approximate surface area is 184 Å². The second kappa shape index (κ2) is 8.24. The van der Waals surface area contributed by atoms with Crippen LogP contribution in [0.1, 0.15) is 22.7 Å². The van der Waals surface area contributed by atoms with Crippen LogP contribution in [0.3, 0.4) is 0 Å². The van der Waals surface area contributed by atoms with E-state index in [1.165, 1.54) is 18.1 Å². The molecule has 0 saturated carbocycles. The van der Waals surface area contributed by atoms with Crippen molar-refractivity contribution in [1.29, 1.82) is 0 Å². The molecule has 0 spiro atoms. The first-order chi connectivity index (χ1) is 14.9. The number of rotatable bonds is 4. The number of para-hydroxylation sites is 1. The van der Waals surface area contributed by atoms with Gasteiger partial charge in [0.15, 0.2) is 0 Å². The summed E-state index contributed by atoms with van der Waals surface area (Å²) in [6.45, 7) is 1.86. The van der Waals surface area contributed by atoms with Crippen molar-refractivity contribution in [1.82, 2.24) is 4.98 Å². The van der Waals surface area contributed by atoms with Gasteiger partial charge < -0.3 is 9.84 Å². The number of Topliss-reactive ketones (excluding diaryl/α,β-unsaturated/α-hetero) is 1. The topological polar surface area (TPSA) is 79.7 Å². The van der Waals surface area contributed by atoms with Crippen LogP contribution in [0.5, 0.6) is 5.75 Å². The minimum absolute atomic E-state index is 0.0133. The maximum Gasteiger partial charge on any atom is 0.300 e. The third-order valence-electron chi connectivity index (χ3n) is 5.27. The molecular weight excluding hydrogens is 416 g/mol. The Morgan fingerprint density at radius 3 is 2.45 bits per heavy atom. The van der Waals surface area contributed by atoms with E-state index >= 15 is 0 Å². The second-order valence-corrected chi connectivity index (χ2v) is 7.49. The number of aliphatic hydroxyl groups excluding tert-OH is 1. The minimum atomic E-state index is -0.815. The van der Waals surface area contributed by atoms with E-state index in [2.05, 4.69) is 4.98 Å². The molecule has 0 aliphatic carbocycles. The summed E-state index contributed by atoms with van der Waals surface area (Å²) in [4.78, 5) is 31.7. The molecule has 2 aromatic carbocycles. The predicted molar refractivity (Wildman–Crippen MR) is 118 cm³/mol. The van der Waals surface area contributed by atoms with Crippen LogP contribution >= 0.6 is 11.6 Å². The monoisotopic (exact) mass is 434 g/mol. The first-order valence-corrected chi connectivity index (χ1v) is 9.92. The number of hydrogen-bond donors (Lipinski definition) is 1. The Bertz CT molecular complexity index is 1210. The van der Waals surface area contributed by atoms with E-state index in [1.807, 2.05) is 19.1 Å². The number of aryl methyl sites for hydroxylation is 1. The number of nitrogens with zero attached hydrogens (tertiary/aromatic N) is 2. The third-order valence-corrected chi connectivity index (χ3v) is 5.56. The Balaban J connectivity index is 1.95. The number of methoxy groups -OCH3 is 1. The lowest BCUT2D eigenvalue weighted by Gasteiger charge is -2.26. The molecule has 6 nitrogen and oxygen atoms in total. The molecule has 7 heteroatoms. The number of halogens is 1. The lowest BCUT2D eigenvalue weighted by Crippen LogP contribution is -2.30. The fourth-order valence-corrected chi connectivity index (χ4v) is 4.00. The highest BCUT2D eigenvalue weighted by Gasteiger charge is 2.47. The van der Waals surface area contributed by atoms with Gasteiger partial charge in [0, 0.05) is 23.6 Å². The molecule has 1 aliphatic heterocycles. The summed E-state index contributed by atoms with van der Waals surface area (Å²) in [5.74, 6) is -1.35. The highest BCUT2D eigenvalue weighted by Crippen LogP contribution is 2.43. The maximum atomic E-state index is 13.1. The summed E-state index contributed by atoms with van der Waals surface area (Å²) < 4.78 is 5.16. The first kappa shape index (κ1) is 20.6. The second-order valence-electron chi connectivity index (χ2n) is 7.09. The van der Waals surface area contributed by atoms with Crippen molar-refractivity contribution in [2.24, 2.45) is 0 Å². The Hall–Kier alpha value is -3.64. The van der Waals surface area contributed by atoms with Gasteiger partial charge in [0.05, 0.1) is 23.7 Å². The number of benzene rings is 2. The zero-order valence-corrected chi connectivity index (χ0v) is 17.6. The van der Waals surface area contributed by atoms with E-state index in [0.29, 0.717) is 22.6 Å². The standard InChI is InChI=1S/C24H19ClN2O4/c1-14-5-3-4-6-18(14)27-21(15-9-11-26-12-10-15)20(23(29)24(27)30)22(28)16-7-8-19(31-2)17(25)13-16/h3-13,21,28H,1-2H3/b22-20-. The minimum Gasteiger partial charge on any atom is -0.507 e. The number of aliphatic hydroxyl groups is 1. The van der Waals surface area contributed by atoms with Gasteiger partial charge in [-0.15, -0.1) is 0 Å². The maximum absolute atomic E-state index is 13.1. The van der Waals surface area contributed by atoms with E-state index in [9.17, 15) is 14.7 Å². The van der Waals surface area contributed by atoms with Crippen molar-refractivity contribution in [3.63, 3.8) is 0 Å². The molecular formula is C24H19ClN2O4. The molecule has 0 radical (unpaired) electrons. The molecule has 1 aromatic heterocycles. The fraction of sp³-hybridized carbons (Fsp3) is 0.125. The highest BCUT2D eigenvalue weighted by molar-refractivity contribution is 6.51. The van der Waals surface area contributed by atoms with Gasteiger partial charge in [-0.3, -0.25) is 19.5 Å². The highest BCUT2D eigenvalue weighted by atomic mass is 35.5. The van der Waals surface area contributed by atoms with Crippen molar-refractivity contribution in [2.45, 2.75) is 13.0 Å². The van der Waals surface area contributed by atoms with Crippen LogP contribution in [0.15, 0.2) is 72.6 Å². The van der Waals surface area contributed by atoms with E-state index in [1.54, 1.807) is 48.8 Å². The van der Waals surface area contributed by atoms with E-state index in [0.717, 1.165) is 5.56 Å². The van der Waals surface area contributed by atoms with Gasteiger partial charge in [-0.1, -0.05) is 29.8 Å². The van der Waals surface area contributed by atoms with Crippen molar-refractivity contribution in [3.05, 3.63) is 94.3 Å². The summed E-state index contributed by atoms with van der Waals surface area (Å²) in [7, 11) is 1.48. The molecule has 0 bridgehead atoms. The Morgan fingerprint density at radius 1 is 1.10 bits per heavy atom. The lowest BCUT2D eigenvalue weighted by atomic mass is 9.95. The van der Waals surface area contributed by atoms with Crippen molar-refractivity contribution >= 4 is 34.7 Å². The van der Waals surface area contributed by atoms with E-state index in [-0.39, 0.29) is 16.4 Å². The van der Waals surface area contributed by atoms with Crippen LogP contribution in [-0.4, -0.2) is 28.9 Å². The third kappa shape index (κ3) is 3.55. The predicted octanol–water partition coefficient (Wildman–Crippen LogP) is 4.68. The number of hydrogen-bond acceptors (Lipinski definition) is 5. The van der Waals surface area contributed by atoms with Gasteiger partial charge >= 0.3 is 0 Å². The van der Waals surface area contributed by atoms with Crippen LogP contribution in [0, 0.1) is 6.92 Å². The molecule has 1 fully saturated rings. The van der Waals surface area contributed by atoms with Crippen LogP contribution in [0.2, 0.25) is 5.02 Å². The molecule has 1 N–H and O–H groups in total. The molecule has 1 amide bonds. The number of aromatic nitrogens is 1. The SMILES string of the molecule is COc1ccc(/C(O)=C2/C(=O)C(=O)N(c3ccccc3C)C2c2ccncc2)cc1Cl. The molecule has 1 atom stereocenters. The molecule has 3 aromatic rings. The molecule has 1 unspecified atom stereocenters. The van der Waals surface area contributed by atoms with Crippen LogP contribution in [-0.2, 0) is 9.59 Å². The van der Waals surface area contributed by atoms with E-state index < -0.39 is 17.7 Å². The lowest BCUT2D eigenvalue weighted by molar-refractivity contribution is -0.132. The first-order valence-electron chi connectivity index (χ1n) is 9.54. The summed E-state index contributed by atoms with van der Waals surface area (Å²) in [5.41, 5.74) is 2.38. The van der Waals surface area contributed by atoms with Crippen LogP contribution in [0.25, 0.3) is 5.76 Å². The van der Waals surface area contributed by atoms with Crippen LogP contribution in [0.4, 0.5) is 5.69 Å². The summed E-state index contributed by atoms with van der Waals surface area (Å²) in [6, 6.07) is 14.6. The summed E-state index contributed by atoms with van der Waals surface area (Å²) in [6.07, 6.45) is 3.16. The number of ether oxygens (including phenoxy) is 1. The molecule has 156 valence electrons. The number of pyridine rings is 1. The fourth-order valence-electron chi connectivity index (χ4n) is 3.75. The molecule has 31 heavy (non-hydrogen) atoms. The average Bonchev–Trinajstić information content (AvgIpc) is 3.04.